The van der Waals surface area contributed by atoms with Crippen LogP contribution in [0, 0.1) is 0 Å². The number of amides is 2. The number of benzene rings is 1. The van der Waals surface area contributed by atoms with Gasteiger partial charge in [0.1, 0.15) is 6.54 Å². The predicted octanol–water partition coefficient (Wildman–Crippen LogP) is 1.26. The van der Waals surface area contributed by atoms with E-state index in [1.54, 1.807) is 30.3 Å². The van der Waals surface area contributed by atoms with Crippen LogP contribution in [0.3, 0.4) is 0 Å². The van der Waals surface area contributed by atoms with Crippen molar-refractivity contribution in [1.29, 1.82) is 0 Å². The van der Waals surface area contributed by atoms with E-state index in [2.05, 4.69) is 10.6 Å². The Morgan fingerprint density at radius 3 is 2.50 bits per heavy atom. The number of hydrogen-bond donors (Lipinski definition) is 2. The minimum absolute atomic E-state index is 0.0500. The fourth-order valence-electron chi connectivity index (χ4n) is 1.86. The molecule has 1 aromatic carbocycles. The lowest BCUT2D eigenvalue weighted by Gasteiger charge is -2.12. The number of ether oxygens (including phenoxy) is 1. The third kappa shape index (κ3) is 6.88. The van der Waals surface area contributed by atoms with Crippen molar-refractivity contribution in [3.63, 3.8) is 0 Å². The highest BCUT2D eigenvalue weighted by Gasteiger charge is 2.11. The summed E-state index contributed by atoms with van der Waals surface area (Å²) in [6.07, 6.45) is 1.83. The first-order valence-corrected chi connectivity index (χ1v) is 7.31. The van der Waals surface area contributed by atoms with Gasteiger partial charge >= 0.3 is 5.97 Å². The number of esters is 1. The van der Waals surface area contributed by atoms with E-state index < -0.39 is 5.97 Å². The highest BCUT2D eigenvalue weighted by atomic mass is 16.5. The average Bonchev–Trinajstić information content (AvgIpc) is 2.51. The van der Waals surface area contributed by atoms with Crippen LogP contribution < -0.4 is 10.6 Å². The van der Waals surface area contributed by atoms with Gasteiger partial charge in [-0.05, 0) is 25.5 Å². The molecule has 2 amide bonds. The normalized spacial score (nSPS) is 11.4. The summed E-state index contributed by atoms with van der Waals surface area (Å²) in [5.41, 5.74) is 0.460. The van der Waals surface area contributed by atoms with Crippen LogP contribution in [0.25, 0.3) is 0 Å². The number of nitrogens with one attached hydrogen (secondary N) is 2. The molecule has 0 aromatic heterocycles. The fraction of sp³-hybridized carbons (Fsp3) is 0.438. The molecule has 0 heterocycles. The Hall–Kier alpha value is -2.37. The molecule has 1 aromatic rings. The molecule has 2 N–H and O–H groups in total. The number of hydrogen-bond acceptors (Lipinski definition) is 4. The van der Waals surface area contributed by atoms with E-state index in [-0.39, 0.29) is 31.0 Å². The number of rotatable bonds is 8. The van der Waals surface area contributed by atoms with Crippen molar-refractivity contribution >= 4 is 17.8 Å². The van der Waals surface area contributed by atoms with Crippen LogP contribution in [0.15, 0.2) is 30.3 Å². The van der Waals surface area contributed by atoms with Crippen LogP contribution in [0.4, 0.5) is 0 Å². The van der Waals surface area contributed by atoms with Gasteiger partial charge < -0.3 is 15.4 Å². The van der Waals surface area contributed by atoms with Gasteiger partial charge in [0.05, 0.1) is 0 Å². The highest BCUT2D eigenvalue weighted by Crippen LogP contribution is 1.97. The minimum Gasteiger partial charge on any atom is -0.454 e. The maximum atomic E-state index is 11.7. The average molecular weight is 306 g/mol. The van der Waals surface area contributed by atoms with E-state index in [0.717, 1.165) is 12.8 Å². The summed E-state index contributed by atoms with van der Waals surface area (Å²) in [7, 11) is 0. The summed E-state index contributed by atoms with van der Waals surface area (Å²) in [6, 6.07) is 8.59. The van der Waals surface area contributed by atoms with E-state index >= 15 is 0 Å². The number of carbonyl (C=O) groups is 3. The van der Waals surface area contributed by atoms with Gasteiger partial charge in [-0.15, -0.1) is 0 Å². The molecule has 6 nitrogen and oxygen atoms in total. The van der Waals surface area contributed by atoms with Gasteiger partial charge in [-0.25, -0.2) is 0 Å². The lowest BCUT2D eigenvalue weighted by Crippen LogP contribution is -2.37. The summed E-state index contributed by atoms with van der Waals surface area (Å²) in [6.45, 7) is 3.31. The van der Waals surface area contributed by atoms with E-state index in [1.807, 2.05) is 13.8 Å². The van der Waals surface area contributed by atoms with E-state index in [4.69, 9.17) is 4.74 Å². The summed E-state index contributed by atoms with van der Waals surface area (Å²) >= 11 is 0. The molecule has 0 saturated heterocycles. The van der Waals surface area contributed by atoms with Gasteiger partial charge in [0.2, 0.25) is 0 Å². The van der Waals surface area contributed by atoms with Crippen molar-refractivity contribution < 1.29 is 19.1 Å². The van der Waals surface area contributed by atoms with Gasteiger partial charge in [0, 0.05) is 11.6 Å². The van der Waals surface area contributed by atoms with Crippen molar-refractivity contribution in [2.75, 3.05) is 13.2 Å². The molecule has 6 heteroatoms. The smallest absolute Gasteiger partial charge is 0.325 e. The standard InChI is InChI=1S/C16H22N2O4/c1-3-7-12(2)18-14(19)11-22-15(20)10-17-16(21)13-8-5-4-6-9-13/h4-6,8-9,12H,3,7,10-11H2,1-2H3,(H,17,21)(H,18,19)/t12-/m1/s1. The van der Waals surface area contributed by atoms with Crippen LogP contribution in [0.1, 0.15) is 37.0 Å². The molecule has 1 rings (SSSR count). The Kier molecular flexibility index (Phi) is 7.67. The van der Waals surface area contributed by atoms with E-state index in [0.29, 0.717) is 5.56 Å². The molecule has 0 bridgehead atoms. The second-order valence-corrected chi connectivity index (χ2v) is 4.97. The zero-order valence-electron chi connectivity index (χ0n) is 12.9. The van der Waals surface area contributed by atoms with Gasteiger partial charge in [-0.2, -0.15) is 0 Å². The molecule has 0 aliphatic carbocycles. The predicted molar refractivity (Wildman–Crippen MR) is 82.2 cm³/mol. The van der Waals surface area contributed by atoms with Crippen molar-refractivity contribution in [3.05, 3.63) is 35.9 Å². The third-order valence-corrected chi connectivity index (χ3v) is 2.92. The molecule has 22 heavy (non-hydrogen) atoms. The number of carbonyl (C=O) groups excluding carboxylic acids is 3. The third-order valence-electron chi connectivity index (χ3n) is 2.92. The zero-order valence-corrected chi connectivity index (χ0v) is 12.9. The molecule has 0 fully saturated rings. The van der Waals surface area contributed by atoms with Crippen LogP contribution >= 0.6 is 0 Å². The van der Waals surface area contributed by atoms with Gasteiger partial charge in [0.15, 0.2) is 6.61 Å². The summed E-state index contributed by atoms with van der Waals surface area (Å²) in [5, 5.41) is 5.16. The largest absolute Gasteiger partial charge is 0.454 e. The Balaban J connectivity index is 2.23. The van der Waals surface area contributed by atoms with Crippen molar-refractivity contribution in [1.82, 2.24) is 10.6 Å². The van der Waals surface area contributed by atoms with E-state index in [9.17, 15) is 14.4 Å². The van der Waals surface area contributed by atoms with Gasteiger partial charge in [-0.1, -0.05) is 31.5 Å². The van der Waals surface area contributed by atoms with Gasteiger partial charge in [0.25, 0.3) is 11.8 Å². The Bertz CT molecular complexity index is 502. The SMILES string of the molecule is CCC[C@@H](C)NC(=O)COC(=O)CNC(=O)c1ccccc1. The molecule has 120 valence electrons. The first kappa shape index (κ1) is 17.7. The molecule has 0 spiro atoms. The summed E-state index contributed by atoms with van der Waals surface area (Å²) < 4.78 is 4.80. The first-order chi connectivity index (χ1) is 10.5. The van der Waals surface area contributed by atoms with Crippen LogP contribution in [-0.4, -0.2) is 37.0 Å². The van der Waals surface area contributed by atoms with Crippen LogP contribution in [0.5, 0.6) is 0 Å². The van der Waals surface area contributed by atoms with Crippen molar-refractivity contribution in [2.24, 2.45) is 0 Å². The highest BCUT2D eigenvalue weighted by molar-refractivity contribution is 5.96. The van der Waals surface area contributed by atoms with Crippen molar-refractivity contribution in [3.8, 4) is 0 Å². The maximum Gasteiger partial charge on any atom is 0.325 e. The molecule has 0 saturated carbocycles. The fourth-order valence-corrected chi connectivity index (χ4v) is 1.86. The second-order valence-electron chi connectivity index (χ2n) is 4.97. The van der Waals surface area contributed by atoms with Gasteiger partial charge in [-0.3, -0.25) is 14.4 Å². The maximum absolute atomic E-state index is 11.7. The van der Waals surface area contributed by atoms with Crippen LogP contribution in [0.2, 0.25) is 0 Å². The molecular weight excluding hydrogens is 284 g/mol. The molecule has 0 unspecified atom stereocenters. The topological polar surface area (TPSA) is 84.5 Å². The second kappa shape index (κ2) is 9.55. The van der Waals surface area contributed by atoms with E-state index in [1.165, 1.54) is 0 Å². The Labute approximate surface area is 130 Å². The Morgan fingerprint density at radius 2 is 1.86 bits per heavy atom. The monoisotopic (exact) mass is 306 g/mol. The molecule has 0 aliphatic heterocycles. The van der Waals surface area contributed by atoms with Crippen molar-refractivity contribution in [2.45, 2.75) is 32.7 Å². The lowest BCUT2D eigenvalue weighted by atomic mass is 10.2. The summed E-state index contributed by atoms with van der Waals surface area (Å²) in [4.78, 5) is 34.7. The summed E-state index contributed by atoms with van der Waals surface area (Å²) in [5.74, 6) is -1.36. The molecule has 0 radical (unpaired) electrons. The first-order valence-electron chi connectivity index (χ1n) is 7.31. The molecular formula is C16H22N2O4. The Morgan fingerprint density at radius 1 is 1.18 bits per heavy atom. The quantitative estimate of drug-likeness (QED) is 0.708. The lowest BCUT2D eigenvalue weighted by molar-refractivity contribution is -0.147. The minimum atomic E-state index is -0.650. The molecule has 0 aliphatic rings. The zero-order chi connectivity index (χ0) is 16.4. The molecule has 1 atom stereocenters. The van der Waals surface area contributed by atoms with Crippen LogP contribution in [-0.2, 0) is 14.3 Å².